The summed E-state index contributed by atoms with van der Waals surface area (Å²) in [6.07, 6.45) is 3.96. The van der Waals surface area contributed by atoms with Crippen LogP contribution < -0.4 is 10.1 Å². The van der Waals surface area contributed by atoms with E-state index in [-0.39, 0.29) is 5.91 Å². The highest BCUT2D eigenvalue weighted by atomic mass is 16.5. The average molecular weight is 370 g/mol. The minimum absolute atomic E-state index is 0.102. The molecule has 1 aromatic carbocycles. The van der Waals surface area contributed by atoms with E-state index in [0.717, 1.165) is 34.8 Å². The van der Waals surface area contributed by atoms with Gasteiger partial charge in [0.05, 0.1) is 17.7 Å². The molecule has 1 amide bonds. The van der Waals surface area contributed by atoms with Crippen molar-refractivity contribution in [3.05, 3.63) is 46.8 Å². The highest BCUT2D eigenvalue weighted by Crippen LogP contribution is 2.29. The van der Waals surface area contributed by atoms with Crippen LogP contribution in [0.4, 0.5) is 0 Å². The van der Waals surface area contributed by atoms with E-state index in [4.69, 9.17) is 9.26 Å². The third-order valence-electron chi connectivity index (χ3n) is 5.91. The molecule has 3 atom stereocenters. The van der Waals surface area contributed by atoms with Crippen LogP contribution in [0, 0.1) is 25.7 Å². The number of amides is 1. The zero-order valence-electron chi connectivity index (χ0n) is 16.7. The summed E-state index contributed by atoms with van der Waals surface area (Å²) in [7, 11) is 0. The first-order chi connectivity index (χ1) is 12.9. The molecule has 1 fully saturated rings. The largest absolute Gasteiger partial charge is 0.489 e. The number of carbonyl (C=O) groups excluding carboxylic acids is 1. The molecule has 1 aliphatic rings. The highest BCUT2D eigenvalue weighted by Gasteiger charge is 2.28. The Hall–Kier alpha value is -2.30. The van der Waals surface area contributed by atoms with Crippen molar-refractivity contribution in [3.8, 4) is 5.75 Å². The second kappa shape index (κ2) is 8.59. The summed E-state index contributed by atoms with van der Waals surface area (Å²) in [6.45, 7) is 8.75. The Morgan fingerprint density at radius 1 is 1.22 bits per heavy atom. The van der Waals surface area contributed by atoms with Crippen LogP contribution in [0.1, 0.15) is 55.7 Å². The lowest BCUT2D eigenvalue weighted by Gasteiger charge is -2.34. The Morgan fingerprint density at radius 3 is 2.63 bits per heavy atom. The molecule has 1 aromatic heterocycles. The third kappa shape index (κ3) is 4.90. The van der Waals surface area contributed by atoms with Gasteiger partial charge in [0, 0.05) is 6.04 Å². The van der Waals surface area contributed by atoms with E-state index in [9.17, 15) is 4.79 Å². The van der Waals surface area contributed by atoms with Gasteiger partial charge in [-0.25, -0.2) is 0 Å². The molecule has 0 saturated heterocycles. The van der Waals surface area contributed by atoms with Gasteiger partial charge >= 0.3 is 0 Å². The van der Waals surface area contributed by atoms with E-state index >= 15 is 0 Å². The number of aromatic nitrogens is 1. The molecular formula is C22H30N2O3. The Bertz CT molecular complexity index is 747. The van der Waals surface area contributed by atoms with E-state index in [2.05, 4.69) is 24.3 Å². The van der Waals surface area contributed by atoms with Gasteiger partial charge in [-0.2, -0.15) is 0 Å². The molecule has 3 unspecified atom stereocenters. The molecule has 1 aliphatic carbocycles. The monoisotopic (exact) mass is 370 g/mol. The van der Waals surface area contributed by atoms with Crippen molar-refractivity contribution in [2.45, 2.75) is 66.0 Å². The van der Waals surface area contributed by atoms with Crippen LogP contribution in [0.2, 0.25) is 0 Å². The summed E-state index contributed by atoms with van der Waals surface area (Å²) in [5.41, 5.74) is 2.83. The fraction of sp³-hybridized carbons (Fsp3) is 0.545. The first-order valence-corrected chi connectivity index (χ1v) is 9.87. The summed E-state index contributed by atoms with van der Waals surface area (Å²) in [6, 6.07) is 8.03. The fourth-order valence-corrected chi connectivity index (χ4v) is 3.80. The zero-order valence-corrected chi connectivity index (χ0v) is 16.7. The molecule has 3 rings (SSSR count). The maximum Gasteiger partial charge on any atom is 0.224 e. The van der Waals surface area contributed by atoms with E-state index in [1.165, 1.54) is 12.8 Å². The van der Waals surface area contributed by atoms with Gasteiger partial charge in [0.2, 0.25) is 5.91 Å². The van der Waals surface area contributed by atoms with Gasteiger partial charge in [-0.3, -0.25) is 4.79 Å². The standard InChI is InChI=1S/C22H30N2O3/c1-14-6-5-7-21(15(14)2)23-22(25)12-18-8-10-19(11-9-18)26-13-20-16(3)24-27-17(20)4/h8-11,14-15,21H,5-7,12-13H2,1-4H3,(H,23,25). The van der Waals surface area contributed by atoms with Gasteiger partial charge in [0.25, 0.3) is 0 Å². The number of ether oxygens (including phenoxy) is 1. The number of rotatable bonds is 6. The lowest BCUT2D eigenvalue weighted by molar-refractivity contribution is -0.121. The molecule has 2 aromatic rings. The highest BCUT2D eigenvalue weighted by molar-refractivity contribution is 5.78. The lowest BCUT2D eigenvalue weighted by atomic mass is 9.78. The molecule has 1 saturated carbocycles. The van der Waals surface area contributed by atoms with Crippen molar-refractivity contribution in [2.24, 2.45) is 11.8 Å². The number of hydrogen-bond donors (Lipinski definition) is 1. The van der Waals surface area contributed by atoms with Crippen molar-refractivity contribution in [1.29, 1.82) is 0 Å². The molecule has 0 spiro atoms. The molecule has 0 aliphatic heterocycles. The van der Waals surface area contributed by atoms with Crippen LogP contribution >= 0.6 is 0 Å². The van der Waals surface area contributed by atoms with Gasteiger partial charge in [-0.15, -0.1) is 0 Å². The minimum Gasteiger partial charge on any atom is -0.489 e. The van der Waals surface area contributed by atoms with Crippen LogP contribution in [0.25, 0.3) is 0 Å². The van der Waals surface area contributed by atoms with E-state index < -0.39 is 0 Å². The third-order valence-corrected chi connectivity index (χ3v) is 5.91. The topological polar surface area (TPSA) is 64.4 Å². The van der Waals surface area contributed by atoms with Crippen LogP contribution in [-0.4, -0.2) is 17.1 Å². The quantitative estimate of drug-likeness (QED) is 0.821. The number of aryl methyl sites for hydroxylation is 2. The number of benzene rings is 1. The summed E-state index contributed by atoms with van der Waals surface area (Å²) >= 11 is 0. The summed E-state index contributed by atoms with van der Waals surface area (Å²) in [5, 5.41) is 7.16. The normalized spacial score (nSPS) is 22.4. The van der Waals surface area contributed by atoms with Gasteiger partial charge in [-0.05, 0) is 49.8 Å². The van der Waals surface area contributed by atoms with Gasteiger partial charge in [0.1, 0.15) is 18.1 Å². The number of nitrogens with one attached hydrogen (secondary N) is 1. The first kappa shape index (κ1) is 19.5. The second-order valence-electron chi connectivity index (χ2n) is 7.85. The van der Waals surface area contributed by atoms with Crippen LogP contribution in [0.5, 0.6) is 5.75 Å². The predicted octanol–water partition coefficient (Wildman–Crippen LogP) is 4.35. The maximum atomic E-state index is 12.4. The molecule has 0 radical (unpaired) electrons. The predicted molar refractivity (Wildman–Crippen MR) is 105 cm³/mol. The lowest BCUT2D eigenvalue weighted by Crippen LogP contribution is -2.44. The molecule has 27 heavy (non-hydrogen) atoms. The Kier molecular flexibility index (Phi) is 6.19. The van der Waals surface area contributed by atoms with Crippen molar-refractivity contribution < 1.29 is 14.1 Å². The van der Waals surface area contributed by atoms with Gasteiger partial charge < -0.3 is 14.6 Å². The molecule has 5 heteroatoms. The number of nitrogens with zero attached hydrogens (tertiary/aromatic N) is 1. The Morgan fingerprint density at radius 2 is 1.96 bits per heavy atom. The second-order valence-corrected chi connectivity index (χ2v) is 7.85. The molecule has 1 heterocycles. The van der Waals surface area contributed by atoms with Crippen molar-refractivity contribution >= 4 is 5.91 Å². The molecule has 0 bridgehead atoms. The average Bonchev–Trinajstić information content (AvgIpc) is 2.96. The summed E-state index contributed by atoms with van der Waals surface area (Å²) in [4.78, 5) is 12.4. The van der Waals surface area contributed by atoms with Crippen molar-refractivity contribution in [3.63, 3.8) is 0 Å². The molecule has 1 N–H and O–H groups in total. The van der Waals surface area contributed by atoms with Gasteiger partial charge in [-0.1, -0.05) is 44.0 Å². The zero-order chi connectivity index (χ0) is 19.4. The number of hydrogen-bond acceptors (Lipinski definition) is 4. The van der Waals surface area contributed by atoms with Gasteiger partial charge in [0.15, 0.2) is 0 Å². The fourth-order valence-electron chi connectivity index (χ4n) is 3.80. The molecular weight excluding hydrogens is 340 g/mol. The van der Waals surface area contributed by atoms with E-state index in [1.54, 1.807) is 0 Å². The van der Waals surface area contributed by atoms with Crippen LogP contribution in [0.15, 0.2) is 28.8 Å². The molecule has 5 nitrogen and oxygen atoms in total. The van der Waals surface area contributed by atoms with Crippen LogP contribution in [-0.2, 0) is 17.8 Å². The molecule has 146 valence electrons. The SMILES string of the molecule is Cc1noc(C)c1COc1ccc(CC(=O)NC2CCCC(C)C2C)cc1. The van der Waals surface area contributed by atoms with E-state index in [1.807, 2.05) is 38.1 Å². The number of carbonyl (C=O) groups is 1. The van der Waals surface area contributed by atoms with Crippen LogP contribution in [0.3, 0.4) is 0 Å². The first-order valence-electron chi connectivity index (χ1n) is 9.87. The smallest absolute Gasteiger partial charge is 0.224 e. The van der Waals surface area contributed by atoms with Crippen molar-refractivity contribution in [2.75, 3.05) is 0 Å². The Labute approximate surface area is 161 Å². The summed E-state index contributed by atoms with van der Waals surface area (Å²) in [5.74, 6) is 2.88. The maximum absolute atomic E-state index is 12.4. The minimum atomic E-state index is 0.102. The summed E-state index contributed by atoms with van der Waals surface area (Å²) < 4.78 is 11.0. The van der Waals surface area contributed by atoms with Crippen molar-refractivity contribution in [1.82, 2.24) is 10.5 Å². The van der Waals surface area contributed by atoms with E-state index in [0.29, 0.717) is 30.9 Å². The Balaban J connectivity index is 1.50.